The summed E-state index contributed by atoms with van der Waals surface area (Å²) in [4.78, 5) is 2.35. The quantitative estimate of drug-likeness (QED) is 0.152. The van der Waals surface area contributed by atoms with Gasteiger partial charge in [-0.3, -0.25) is 0 Å². The molecule has 3 heteroatoms. The Balaban J connectivity index is 0.884. The van der Waals surface area contributed by atoms with Gasteiger partial charge in [-0.25, -0.2) is 0 Å². The highest BCUT2D eigenvalue weighted by molar-refractivity contribution is 5.91. The third-order valence-electron chi connectivity index (χ3n) is 12.8. The number of anilines is 3. The van der Waals surface area contributed by atoms with Gasteiger partial charge in [-0.2, -0.15) is 0 Å². The zero-order valence-electron chi connectivity index (χ0n) is 34.9. The summed E-state index contributed by atoms with van der Waals surface area (Å²) in [5.41, 5.74) is 16.7. The molecule has 64 heavy (non-hydrogen) atoms. The van der Waals surface area contributed by atoms with Crippen molar-refractivity contribution in [2.24, 2.45) is 0 Å². The maximum absolute atomic E-state index is 6.78. The summed E-state index contributed by atoms with van der Waals surface area (Å²) in [7, 11) is 0. The van der Waals surface area contributed by atoms with Gasteiger partial charge >= 0.3 is 0 Å². The maximum atomic E-state index is 6.78. The molecule has 0 fully saturated rings. The molecule has 0 radical (unpaired) electrons. The van der Waals surface area contributed by atoms with Crippen LogP contribution in [0.1, 0.15) is 22.3 Å². The summed E-state index contributed by atoms with van der Waals surface area (Å²) in [6, 6.07) is 88.5. The Hall–Kier alpha value is -8.40. The zero-order chi connectivity index (χ0) is 42.5. The van der Waals surface area contributed by atoms with E-state index in [0.717, 1.165) is 44.9 Å². The normalized spacial score (nSPS) is 12.8. The molecule has 1 heterocycles. The lowest BCUT2D eigenvalue weighted by Gasteiger charge is -2.34. The summed E-state index contributed by atoms with van der Waals surface area (Å²) in [5.74, 6) is 2.81. The summed E-state index contributed by atoms with van der Waals surface area (Å²) in [6.07, 6.45) is 0. The van der Waals surface area contributed by atoms with Crippen LogP contribution < -0.4 is 14.4 Å². The molecule has 1 aliphatic carbocycles. The van der Waals surface area contributed by atoms with Crippen LogP contribution in [-0.4, -0.2) is 0 Å². The molecule has 0 saturated carbocycles. The molecule has 0 spiro atoms. The van der Waals surface area contributed by atoms with E-state index in [9.17, 15) is 0 Å². The van der Waals surface area contributed by atoms with E-state index in [1.165, 1.54) is 38.9 Å². The predicted octanol–water partition coefficient (Wildman–Crippen LogP) is 16.4. The highest BCUT2D eigenvalue weighted by Crippen LogP contribution is 2.60. The van der Waals surface area contributed by atoms with Crippen molar-refractivity contribution in [1.29, 1.82) is 0 Å². The van der Waals surface area contributed by atoms with Crippen molar-refractivity contribution in [3.05, 3.63) is 271 Å². The number of para-hydroxylation sites is 2. The topological polar surface area (TPSA) is 21.7 Å². The maximum Gasteiger partial charge on any atom is 0.170 e. The van der Waals surface area contributed by atoms with Crippen molar-refractivity contribution < 1.29 is 9.47 Å². The lowest BCUT2D eigenvalue weighted by Crippen LogP contribution is -2.28. The first-order valence-electron chi connectivity index (χ1n) is 21.8. The Morgan fingerprint density at radius 1 is 0.281 bits per heavy atom. The van der Waals surface area contributed by atoms with Gasteiger partial charge in [-0.05, 0) is 116 Å². The Morgan fingerprint density at radius 2 is 0.781 bits per heavy atom. The van der Waals surface area contributed by atoms with Crippen LogP contribution in [0.3, 0.4) is 0 Å². The molecule has 302 valence electrons. The second-order valence-corrected chi connectivity index (χ2v) is 16.4. The second kappa shape index (κ2) is 15.5. The average molecular weight is 820 g/mol. The van der Waals surface area contributed by atoms with Crippen molar-refractivity contribution >= 4 is 17.1 Å². The van der Waals surface area contributed by atoms with E-state index in [-0.39, 0.29) is 0 Å². The van der Waals surface area contributed by atoms with Crippen molar-refractivity contribution in [3.8, 4) is 67.5 Å². The van der Waals surface area contributed by atoms with E-state index in [1.54, 1.807) is 0 Å². The second-order valence-electron chi connectivity index (χ2n) is 16.4. The summed E-state index contributed by atoms with van der Waals surface area (Å²) in [6.45, 7) is 0. The molecule has 0 atom stereocenters. The van der Waals surface area contributed by atoms with E-state index < -0.39 is 5.41 Å². The first kappa shape index (κ1) is 37.4. The molecule has 0 bridgehead atoms. The Bertz CT molecular complexity index is 3270. The molecule has 10 aromatic rings. The smallest absolute Gasteiger partial charge is 0.170 e. The fraction of sp³-hybridized carbons (Fsp3) is 0.0164. The number of fused-ring (bicyclic) bond motifs is 5. The van der Waals surface area contributed by atoms with Crippen molar-refractivity contribution in [2.75, 3.05) is 4.90 Å². The standard InChI is InChI=1S/C61H41NO2/c1-5-18-42(19-6-1)45-20-17-27-50(38-45)62(49-25-11-4-12-26-49)56-31-16-14-28-51(56)44-34-32-43(33-35-44)46-36-37-57-58(39-46)64-59-40-53-52-29-13-15-30-54(52)61(47-21-7-2-8-22-47,48-23-9-3-10-24-48)55(53)41-60(59)63-57/h1-41H. The minimum atomic E-state index is -0.517. The van der Waals surface area contributed by atoms with E-state index >= 15 is 0 Å². The van der Waals surface area contributed by atoms with Gasteiger partial charge in [0.1, 0.15) is 0 Å². The summed E-state index contributed by atoms with van der Waals surface area (Å²) >= 11 is 0. The first-order valence-corrected chi connectivity index (χ1v) is 21.8. The molecule has 0 N–H and O–H groups in total. The number of rotatable bonds is 8. The molecule has 10 aromatic carbocycles. The van der Waals surface area contributed by atoms with Gasteiger partial charge < -0.3 is 14.4 Å². The number of benzene rings is 10. The molecule has 2 aliphatic rings. The van der Waals surface area contributed by atoms with Crippen molar-refractivity contribution in [3.63, 3.8) is 0 Å². The van der Waals surface area contributed by atoms with Gasteiger partial charge in [0.25, 0.3) is 0 Å². The SMILES string of the molecule is c1ccc(-c2cccc(N(c3ccccc3)c3ccccc3-c3ccc(-c4ccc5c(c4)Oc4cc6c(cc4O5)C(c4ccccc4)(c4ccccc4)c4ccccc4-6)cc3)c2)cc1. The molecule has 1 aliphatic heterocycles. The third kappa shape index (κ3) is 6.20. The zero-order valence-corrected chi connectivity index (χ0v) is 34.9. The Kier molecular flexibility index (Phi) is 9.05. The molecule has 0 aromatic heterocycles. The van der Waals surface area contributed by atoms with E-state index in [0.29, 0.717) is 23.0 Å². The van der Waals surface area contributed by atoms with Crippen LogP contribution in [0.15, 0.2) is 249 Å². The minimum absolute atomic E-state index is 0.517. The van der Waals surface area contributed by atoms with Crippen molar-refractivity contribution in [1.82, 2.24) is 0 Å². The number of hydrogen-bond donors (Lipinski definition) is 0. The largest absolute Gasteiger partial charge is 0.450 e. The van der Waals surface area contributed by atoms with E-state index in [1.807, 2.05) is 6.07 Å². The lowest BCUT2D eigenvalue weighted by atomic mass is 9.67. The van der Waals surface area contributed by atoms with Gasteiger partial charge in [0.05, 0.1) is 11.1 Å². The van der Waals surface area contributed by atoms with Crippen LogP contribution in [0.25, 0.3) is 44.5 Å². The molecule has 0 saturated heterocycles. The van der Waals surface area contributed by atoms with Crippen LogP contribution in [0.2, 0.25) is 0 Å². The van der Waals surface area contributed by atoms with Gasteiger partial charge in [-0.15, -0.1) is 0 Å². The molecule has 0 unspecified atom stereocenters. The average Bonchev–Trinajstić information content (AvgIpc) is 3.66. The van der Waals surface area contributed by atoms with Gasteiger partial charge in [0.15, 0.2) is 23.0 Å². The van der Waals surface area contributed by atoms with Gasteiger partial charge in [0.2, 0.25) is 0 Å². The van der Waals surface area contributed by atoms with Crippen molar-refractivity contribution in [2.45, 2.75) is 5.41 Å². The fourth-order valence-corrected chi connectivity index (χ4v) is 9.91. The minimum Gasteiger partial charge on any atom is -0.450 e. The fourth-order valence-electron chi connectivity index (χ4n) is 9.91. The predicted molar refractivity (Wildman–Crippen MR) is 261 cm³/mol. The monoisotopic (exact) mass is 819 g/mol. The Morgan fingerprint density at radius 3 is 1.52 bits per heavy atom. The number of ether oxygens (including phenoxy) is 2. The summed E-state index contributed by atoms with van der Waals surface area (Å²) < 4.78 is 13.5. The molecule has 0 amide bonds. The lowest BCUT2D eigenvalue weighted by molar-refractivity contribution is 0.359. The highest BCUT2D eigenvalue weighted by atomic mass is 16.6. The summed E-state index contributed by atoms with van der Waals surface area (Å²) in [5, 5.41) is 0. The first-order chi connectivity index (χ1) is 31.7. The van der Waals surface area contributed by atoms with Gasteiger partial charge in [-0.1, -0.05) is 194 Å². The van der Waals surface area contributed by atoms with Gasteiger partial charge in [0, 0.05) is 16.9 Å². The Labute approximate surface area is 373 Å². The van der Waals surface area contributed by atoms with Crippen LogP contribution >= 0.6 is 0 Å². The van der Waals surface area contributed by atoms with Crippen LogP contribution in [0, 0.1) is 0 Å². The highest BCUT2D eigenvalue weighted by Gasteiger charge is 2.47. The van der Waals surface area contributed by atoms with E-state index in [2.05, 4.69) is 248 Å². The third-order valence-corrected chi connectivity index (χ3v) is 12.8. The number of hydrogen-bond acceptors (Lipinski definition) is 3. The van der Waals surface area contributed by atoms with Crippen LogP contribution in [-0.2, 0) is 5.41 Å². The van der Waals surface area contributed by atoms with E-state index in [4.69, 9.17) is 9.47 Å². The molecule has 12 rings (SSSR count). The molecular formula is C61H41NO2. The van der Waals surface area contributed by atoms with Crippen LogP contribution in [0.4, 0.5) is 17.1 Å². The molecule has 3 nitrogen and oxygen atoms in total. The molecular weight excluding hydrogens is 779 g/mol. The number of nitrogens with zero attached hydrogens (tertiary/aromatic N) is 1. The van der Waals surface area contributed by atoms with Crippen LogP contribution in [0.5, 0.6) is 23.0 Å².